The summed E-state index contributed by atoms with van der Waals surface area (Å²) in [7, 11) is 17.0. The Morgan fingerprint density at radius 2 is 1.50 bits per heavy atom. The predicted octanol–water partition coefficient (Wildman–Crippen LogP) is 3.73. The van der Waals surface area contributed by atoms with Gasteiger partial charge in [0.2, 0.25) is 0 Å². The zero-order chi connectivity index (χ0) is 10.0. The number of aromatic nitrogens is 2. The van der Waals surface area contributed by atoms with E-state index in [-0.39, 0.29) is 14.9 Å². The Bertz CT molecular complexity index is 150. The first kappa shape index (κ1) is 24.3. The van der Waals surface area contributed by atoms with E-state index in [1.54, 1.807) is 18.7 Å². The van der Waals surface area contributed by atoms with E-state index >= 15 is 0 Å². The summed E-state index contributed by atoms with van der Waals surface area (Å²) in [6, 6.07) is 0. The van der Waals surface area contributed by atoms with Crippen molar-refractivity contribution in [2.24, 2.45) is 0 Å². The first-order chi connectivity index (χ1) is 5.50. The van der Waals surface area contributed by atoms with Crippen molar-refractivity contribution in [2.75, 3.05) is 0 Å². The number of H-pyrrole nitrogens is 1. The zero-order valence-electron chi connectivity index (χ0n) is 7.36. The summed E-state index contributed by atoms with van der Waals surface area (Å²) < 4.78 is 7.83. The van der Waals surface area contributed by atoms with Gasteiger partial charge in [0, 0.05) is 12.4 Å². The van der Waals surface area contributed by atoms with E-state index in [1.807, 2.05) is 0 Å². The summed E-state index contributed by atoms with van der Waals surface area (Å²) in [5.74, 6) is 0. The van der Waals surface area contributed by atoms with Crippen LogP contribution in [0.4, 0.5) is 0 Å². The summed E-state index contributed by atoms with van der Waals surface area (Å²) in [6.07, 6.45) is 5.08. The minimum atomic E-state index is -2.97. The Labute approximate surface area is 109 Å². The maximum Gasteiger partial charge on any atom is 0.0919 e. The van der Waals surface area contributed by atoms with E-state index < -0.39 is 10.8 Å². The van der Waals surface area contributed by atoms with Crippen LogP contribution in [-0.2, 0) is 23.3 Å². The van der Waals surface area contributed by atoms with Gasteiger partial charge in [0.25, 0.3) is 0 Å². The number of rotatable bonds is 0. The fourth-order valence-electron chi connectivity index (χ4n) is 0.215. The van der Waals surface area contributed by atoms with Gasteiger partial charge in [-0.25, -0.2) is 4.98 Å². The van der Waals surface area contributed by atoms with Crippen LogP contribution in [0.5, 0.6) is 0 Å². The van der Waals surface area contributed by atoms with Gasteiger partial charge in [0.05, 0.1) is 6.33 Å². The fourth-order valence-corrected chi connectivity index (χ4v) is 0.215. The predicted molar refractivity (Wildman–Crippen MR) is 63.0 cm³/mol. The van der Waals surface area contributed by atoms with Crippen LogP contribution in [-0.4, -0.2) is 14.2 Å². The van der Waals surface area contributed by atoms with Crippen molar-refractivity contribution in [1.29, 1.82) is 0 Å². The second-order valence-corrected chi connectivity index (χ2v) is 16.9. The number of aromatic amines is 1. The third-order valence-electron chi connectivity index (χ3n) is 0.406. The molecule has 0 fully saturated rings. The fraction of sp³-hybridized carbons (Fsp3) is 0. The number of nitrogens with zero attached hydrogens (tertiary/aromatic N) is 1. The average Bonchev–Trinajstić information content (AvgIpc) is 2.41. The minimum absolute atomic E-state index is 0. The molecule has 0 saturated heterocycles. The number of hydrogen-bond acceptors (Lipinski definition) is 3. The van der Waals surface area contributed by atoms with Crippen LogP contribution in [0.3, 0.4) is 0 Å². The van der Waals surface area contributed by atoms with Gasteiger partial charge in [-0.2, -0.15) is 4.21 Å². The van der Waals surface area contributed by atoms with E-state index in [0.29, 0.717) is 0 Å². The molecule has 9 heteroatoms. The molecule has 0 saturated carbocycles. The van der Waals surface area contributed by atoms with Crippen LogP contribution >= 0.6 is 38.8 Å². The van der Waals surface area contributed by atoms with E-state index in [4.69, 9.17) is 43.0 Å². The molecule has 1 heterocycles. The molecular formula is C5H10Cl4N2ORuS-2. The molecule has 90 valence electrons. The van der Waals surface area contributed by atoms with Gasteiger partial charge in [0.15, 0.2) is 12.5 Å². The van der Waals surface area contributed by atoms with Crippen molar-refractivity contribution in [3.63, 3.8) is 0 Å². The molecule has 0 aromatic carbocycles. The Morgan fingerprint density at radius 1 is 1.14 bits per heavy atom. The van der Waals surface area contributed by atoms with E-state index in [2.05, 4.69) is 22.5 Å². The largest absolute Gasteiger partial charge is 0.351 e. The monoisotopic (exact) mass is 388 g/mol. The molecule has 0 atom stereocenters. The molecule has 0 spiro atoms. The summed E-state index contributed by atoms with van der Waals surface area (Å²) >= 11 is 2.83. The van der Waals surface area contributed by atoms with Crippen molar-refractivity contribution in [1.82, 2.24) is 9.97 Å². The molecule has 0 bridgehead atoms. The van der Waals surface area contributed by atoms with Crippen LogP contribution in [0.15, 0.2) is 18.7 Å². The molecule has 0 aliphatic heterocycles. The topological polar surface area (TPSA) is 45.8 Å². The van der Waals surface area contributed by atoms with Gasteiger partial charge < -0.3 is 19.8 Å². The maximum atomic E-state index is 7.83. The molecule has 0 radical (unpaired) electrons. The van der Waals surface area contributed by atoms with E-state index in [1.165, 1.54) is 0 Å². The molecule has 1 rings (SSSR count). The van der Waals surface area contributed by atoms with Gasteiger partial charge in [0.1, 0.15) is 0 Å². The Kier molecular flexibility index (Phi) is 28.5. The number of imidazole rings is 1. The molecule has 1 N–H and O–H groups in total. The Balaban J connectivity index is -0.0000000542. The first-order valence-corrected chi connectivity index (χ1v) is 11.4. The average molecular weight is 389 g/mol. The summed E-state index contributed by atoms with van der Waals surface area (Å²) in [6.45, 7) is 0. The van der Waals surface area contributed by atoms with Gasteiger partial charge in [-0.3, -0.25) is 0 Å². The van der Waals surface area contributed by atoms with Crippen LogP contribution < -0.4 is 0 Å². The normalized spacial score (nSPS) is 8.57. The second kappa shape index (κ2) is 16.4. The van der Waals surface area contributed by atoms with Crippen LogP contribution in [0.25, 0.3) is 0 Å². The molecule has 0 aliphatic carbocycles. The van der Waals surface area contributed by atoms with E-state index in [0.717, 1.165) is 0 Å². The van der Waals surface area contributed by atoms with Gasteiger partial charge in [-0.15, -0.1) is 0 Å². The van der Waals surface area contributed by atoms with Crippen LogP contribution in [0.1, 0.15) is 0 Å². The SMILES string of the molecule is O=S.[CH3-].[CH3-].[Cl][Ru]([Cl])([Cl])[Cl].c1c[nH]cn1. The minimum Gasteiger partial charge on any atom is -0.351 e. The number of nitrogens with one attached hydrogen (secondary N) is 1. The number of hydrogen-bond donors (Lipinski definition) is 1. The summed E-state index contributed by atoms with van der Waals surface area (Å²) in [5.41, 5.74) is 0. The standard InChI is InChI=1S/C3H4N2.2CH3.4ClH.OS.Ru/c1-2-5-3-4-1;;;;;;;1-2;/h1-3H,(H,4,5);2*1H3;4*1H;;/q;2*-1;;;;;;+4/p-4. The van der Waals surface area contributed by atoms with Gasteiger partial charge >= 0.3 is 49.6 Å². The molecule has 0 unspecified atom stereocenters. The van der Waals surface area contributed by atoms with Crippen molar-refractivity contribution in [3.05, 3.63) is 33.6 Å². The van der Waals surface area contributed by atoms with Gasteiger partial charge in [-0.1, -0.05) is 0 Å². The van der Waals surface area contributed by atoms with Crippen LogP contribution in [0.2, 0.25) is 0 Å². The Morgan fingerprint density at radius 3 is 1.57 bits per heavy atom. The van der Waals surface area contributed by atoms with Gasteiger partial charge in [-0.05, 0) is 0 Å². The quantitative estimate of drug-likeness (QED) is 0.544. The molecule has 1 aromatic heterocycles. The number of halogens is 4. The second-order valence-electron chi connectivity index (χ2n) is 1.06. The zero-order valence-corrected chi connectivity index (χ0v) is 12.9. The van der Waals surface area contributed by atoms with Crippen molar-refractivity contribution >= 4 is 51.3 Å². The smallest absolute Gasteiger partial charge is 0.0919 e. The van der Waals surface area contributed by atoms with Crippen molar-refractivity contribution in [2.45, 2.75) is 0 Å². The van der Waals surface area contributed by atoms with Crippen LogP contribution in [0, 0.1) is 14.9 Å². The van der Waals surface area contributed by atoms with Crippen molar-refractivity contribution in [3.8, 4) is 0 Å². The third kappa shape index (κ3) is 51.9. The van der Waals surface area contributed by atoms with E-state index in [9.17, 15) is 0 Å². The maximum absolute atomic E-state index is 7.83. The molecule has 14 heavy (non-hydrogen) atoms. The summed E-state index contributed by atoms with van der Waals surface area (Å²) in [4.78, 5) is 6.42. The third-order valence-corrected chi connectivity index (χ3v) is 0.406. The molecule has 0 aliphatic rings. The summed E-state index contributed by atoms with van der Waals surface area (Å²) in [5, 5.41) is 0. The van der Waals surface area contributed by atoms with Crippen molar-refractivity contribution < 1.29 is 15.0 Å². The first-order valence-electron chi connectivity index (χ1n) is 2.13. The molecule has 3 nitrogen and oxygen atoms in total. The molecule has 1 aromatic rings. The molecular weight excluding hydrogens is 379 g/mol. The Hall–Kier alpha value is 1.01. The molecule has 0 amide bonds.